The zero-order valence-corrected chi connectivity index (χ0v) is 19.5. The van der Waals surface area contributed by atoms with Gasteiger partial charge in [-0.25, -0.2) is 0 Å². The van der Waals surface area contributed by atoms with Crippen LogP contribution >= 0.6 is 0 Å². The molecule has 3 aromatic carbocycles. The molecule has 5 rings (SSSR count). The second-order valence-corrected chi connectivity index (χ2v) is 8.75. The molecule has 0 fully saturated rings. The molecule has 0 bridgehead atoms. The number of carbonyl (C=O) groups excluding carboxylic acids is 1. The van der Waals surface area contributed by atoms with E-state index in [-0.39, 0.29) is 17.7 Å². The monoisotopic (exact) mass is 453 g/mol. The van der Waals surface area contributed by atoms with E-state index in [1.807, 2.05) is 85.5 Å². The molecule has 172 valence electrons. The Morgan fingerprint density at radius 2 is 1.79 bits per heavy atom. The minimum absolute atomic E-state index is 0.0834. The van der Waals surface area contributed by atoms with Gasteiger partial charge >= 0.3 is 0 Å². The number of fused-ring (bicyclic) bond motifs is 1. The molecule has 0 unspecified atom stereocenters. The highest BCUT2D eigenvalue weighted by atomic mass is 16.5. The molecule has 2 heterocycles. The number of ether oxygens (including phenoxy) is 1. The Morgan fingerprint density at radius 3 is 2.50 bits per heavy atom. The van der Waals surface area contributed by atoms with Crippen LogP contribution in [0.15, 0.2) is 66.7 Å². The smallest absolute Gasteiger partial charge is 0.273 e. The predicted molar refractivity (Wildman–Crippen MR) is 131 cm³/mol. The number of phenols is 1. The Kier molecular flexibility index (Phi) is 5.57. The lowest BCUT2D eigenvalue weighted by Crippen LogP contribution is -2.31. The van der Waals surface area contributed by atoms with Crippen LogP contribution in [0.1, 0.15) is 44.3 Å². The Labute approximate surface area is 198 Å². The van der Waals surface area contributed by atoms with Gasteiger partial charge < -0.3 is 14.7 Å². The van der Waals surface area contributed by atoms with Gasteiger partial charge in [0, 0.05) is 17.7 Å². The third-order valence-electron chi connectivity index (χ3n) is 6.48. The predicted octanol–water partition coefficient (Wildman–Crippen LogP) is 5.20. The van der Waals surface area contributed by atoms with Gasteiger partial charge in [-0.3, -0.25) is 9.89 Å². The number of nitrogens with one attached hydrogen (secondary N) is 1. The molecule has 4 aromatic rings. The first kappa shape index (κ1) is 21.8. The quantitative estimate of drug-likeness (QED) is 0.421. The summed E-state index contributed by atoms with van der Waals surface area (Å²) < 4.78 is 5.26. The van der Waals surface area contributed by atoms with Gasteiger partial charge in [0.05, 0.1) is 13.2 Å². The highest BCUT2D eigenvalue weighted by Gasteiger charge is 2.42. The fourth-order valence-corrected chi connectivity index (χ4v) is 4.80. The second kappa shape index (κ2) is 8.71. The fourth-order valence-electron chi connectivity index (χ4n) is 4.80. The first-order chi connectivity index (χ1) is 16.5. The number of aromatic nitrogens is 2. The molecule has 1 amide bonds. The summed E-state index contributed by atoms with van der Waals surface area (Å²) in [5.74, 6) is 0.915. The SMILES string of the molecule is COc1ccc(CCN2C(=O)c3[nH]nc(-c4cc(C)cc(C)c4O)c3[C@@H]2c2ccccc2)cc1. The number of H-pyrrole nitrogens is 1. The van der Waals surface area contributed by atoms with Crippen LogP contribution < -0.4 is 4.74 Å². The van der Waals surface area contributed by atoms with Crippen LogP contribution in [0.2, 0.25) is 0 Å². The number of phenolic OH excluding ortho intramolecular Hbond substituents is 1. The molecule has 1 aromatic heterocycles. The largest absolute Gasteiger partial charge is 0.507 e. The van der Waals surface area contributed by atoms with Crippen LogP contribution in [0, 0.1) is 13.8 Å². The van der Waals surface area contributed by atoms with Gasteiger partial charge in [0.2, 0.25) is 0 Å². The van der Waals surface area contributed by atoms with Crippen LogP contribution in [-0.4, -0.2) is 39.8 Å². The van der Waals surface area contributed by atoms with Gasteiger partial charge in [0.1, 0.15) is 22.9 Å². The molecule has 0 spiro atoms. The zero-order chi connectivity index (χ0) is 23.8. The van der Waals surface area contributed by atoms with Crippen LogP contribution in [0.25, 0.3) is 11.3 Å². The lowest BCUT2D eigenvalue weighted by Gasteiger charge is -2.26. The van der Waals surface area contributed by atoms with Gasteiger partial charge in [-0.1, -0.05) is 48.5 Å². The number of hydrogen-bond acceptors (Lipinski definition) is 4. The first-order valence-corrected chi connectivity index (χ1v) is 11.4. The van der Waals surface area contributed by atoms with Gasteiger partial charge in [-0.05, 0) is 60.7 Å². The molecule has 0 saturated carbocycles. The molecule has 6 nitrogen and oxygen atoms in total. The van der Waals surface area contributed by atoms with E-state index in [1.165, 1.54) is 0 Å². The second-order valence-electron chi connectivity index (χ2n) is 8.75. The Hall–Kier alpha value is -4.06. The van der Waals surface area contributed by atoms with Gasteiger partial charge in [0.25, 0.3) is 5.91 Å². The number of aromatic amines is 1. The van der Waals surface area contributed by atoms with E-state index in [1.54, 1.807) is 7.11 Å². The Morgan fingerprint density at radius 1 is 1.06 bits per heavy atom. The summed E-state index contributed by atoms with van der Waals surface area (Å²) in [6.45, 7) is 4.41. The topological polar surface area (TPSA) is 78.5 Å². The average Bonchev–Trinajstić information content (AvgIpc) is 3.39. The zero-order valence-electron chi connectivity index (χ0n) is 19.5. The van der Waals surface area contributed by atoms with Crippen molar-refractivity contribution in [1.82, 2.24) is 15.1 Å². The maximum absolute atomic E-state index is 13.5. The van der Waals surface area contributed by atoms with E-state index < -0.39 is 0 Å². The van der Waals surface area contributed by atoms with E-state index >= 15 is 0 Å². The summed E-state index contributed by atoms with van der Waals surface area (Å²) >= 11 is 0. The van der Waals surface area contributed by atoms with Crippen molar-refractivity contribution in [1.29, 1.82) is 0 Å². The normalized spacial score (nSPS) is 15.0. The van der Waals surface area contributed by atoms with Crippen molar-refractivity contribution in [2.24, 2.45) is 0 Å². The molecule has 1 aliphatic heterocycles. The van der Waals surface area contributed by atoms with Crippen molar-refractivity contribution in [2.75, 3.05) is 13.7 Å². The molecule has 34 heavy (non-hydrogen) atoms. The van der Waals surface area contributed by atoms with Gasteiger partial charge in [-0.15, -0.1) is 0 Å². The molecule has 1 aliphatic rings. The summed E-state index contributed by atoms with van der Waals surface area (Å²) in [6.07, 6.45) is 0.709. The minimum atomic E-state index is -0.295. The lowest BCUT2D eigenvalue weighted by molar-refractivity contribution is 0.0746. The number of aromatic hydroxyl groups is 1. The molecular weight excluding hydrogens is 426 g/mol. The van der Waals surface area contributed by atoms with E-state index in [0.29, 0.717) is 29.9 Å². The van der Waals surface area contributed by atoms with Crippen LogP contribution in [0.4, 0.5) is 0 Å². The lowest BCUT2D eigenvalue weighted by atomic mass is 9.94. The minimum Gasteiger partial charge on any atom is -0.507 e. The molecule has 1 atom stereocenters. The van der Waals surface area contributed by atoms with Crippen molar-refractivity contribution in [3.63, 3.8) is 0 Å². The molecule has 0 aliphatic carbocycles. The summed E-state index contributed by atoms with van der Waals surface area (Å²) in [5, 5.41) is 18.3. The first-order valence-electron chi connectivity index (χ1n) is 11.4. The molecular formula is C28H27N3O3. The third-order valence-corrected chi connectivity index (χ3v) is 6.48. The third kappa shape index (κ3) is 3.71. The maximum Gasteiger partial charge on any atom is 0.273 e. The highest BCUT2D eigenvalue weighted by molar-refractivity contribution is 6.00. The molecule has 0 saturated heterocycles. The maximum atomic E-state index is 13.5. The molecule has 0 radical (unpaired) electrons. The number of carbonyl (C=O) groups is 1. The number of aryl methyl sites for hydroxylation is 2. The summed E-state index contributed by atoms with van der Waals surface area (Å²) in [6, 6.07) is 21.5. The Bertz CT molecular complexity index is 1340. The number of rotatable bonds is 6. The van der Waals surface area contributed by atoms with E-state index in [2.05, 4.69) is 10.2 Å². The number of benzene rings is 3. The molecule has 2 N–H and O–H groups in total. The van der Waals surface area contributed by atoms with E-state index in [4.69, 9.17) is 4.74 Å². The van der Waals surface area contributed by atoms with Gasteiger partial charge in [0.15, 0.2) is 0 Å². The number of amides is 1. The summed E-state index contributed by atoms with van der Waals surface area (Å²) in [7, 11) is 1.65. The van der Waals surface area contributed by atoms with Crippen molar-refractivity contribution in [3.8, 4) is 22.8 Å². The van der Waals surface area contributed by atoms with E-state index in [9.17, 15) is 9.90 Å². The highest BCUT2D eigenvalue weighted by Crippen LogP contribution is 2.45. The summed E-state index contributed by atoms with van der Waals surface area (Å²) in [5.41, 5.74) is 6.50. The summed E-state index contributed by atoms with van der Waals surface area (Å²) in [4.78, 5) is 15.4. The standard InChI is InChI=1S/C28H27N3O3/c1-17-15-18(2)27(32)22(16-17)24-23-25(30-29-24)28(33)31(26(23)20-7-5-4-6-8-20)14-13-19-9-11-21(34-3)12-10-19/h4-12,15-16,26,32H,13-14H2,1-3H3,(H,29,30)/t26-/m0/s1. The van der Waals surface area contributed by atoms with Crippen molar-refractivity contribution >= 4 is 5.91 Å². The number of nitrogens with zero attached hydrogens (tertiary/aromatic N) is 2. The number of hydrogen-bond donors (Lipinski definition) is 2. The Balaban J connectivity index is 1.56. The van der Waals surface area contributed by atoms with Crippen molar-refractivity contribution in [3.05, 3.63) is 100 Å². The molecule has 6 heteroatoms. The van der Waals surface area contributed by atoms with Crippen LogP contribution in [0.3, 0.4) is 0 Å². The fraction of sp³-hybridized carbons (Fsp3) is 0.214. The van der Waals surface area contributed by atoms with Crippen LogP contribution in [0.5, 0.6) is 11.5 Å². The van der Waals surface area contributed by atoms with Crippen molar-refractivity contribution in [2.45, 2.75) is 26.3 Å². The van der Waals surface area contributed by atoms with E-state index in [0.717, 1.165) is 33.6 Å². The van der Waals surface area contributed by atoms with Crippen molar-refractivity contribution < 1.29 is 14.6 Å². The van der Waals surface area contributed by atoms with Gasteiger partial charge in [-0.2, -0.15) is 5.10 Å². The number of methoxy groups -OCH3 is 1. The average molecular weight is 454 g/mol. The van der Waals surface area contributed by atoms with Crippen LogP contribution in [-0.2, 0) is 6.42 Å².